The molecule has 0 radical (unpaired) electrons. The van der Waals surface area contributed by atoms with Gasteiger partial charge >= 0.3 is 0 Å². The van der Waals surface area contributed by atoms with Crippen LogP contribution >= 0.6 is 0 Å². The van der Waals surface area contributed by atoms with Gasteiger partial charge in [0.1, 0.15) is 5.82 Å². The zero-order chi connectivity index (χ0) is 12.1. The second kappa shape index (κ2) is 5.34. The largest absolute Gasteiger partial charge is 0.399 e. The van der Waals surface area contributed by atoms with Crippen molar-refractivity contribution in [2.24, 2.45) is 0 Å². The van der Waals surface area contributed by atoms with Crippen molar-refractivity contribution >= 4 is 17.3 Å². The summed E-state index contributed by atoms with van der Waals surface area (Å²) in [7, 11) is 1.70. The maximum absolute atomic E-state index is 13.3. The molecule has 0 aliphatic carbocycles. The van der Waals surface area contributed by atoms with E-state index >= 15 is 0 Å². The normalized spacial score (nSPS) is 9.94. The number of hydrogen-bond acceptors (Lipinski definition) is 3. The average Bonchev–Trinajstić information content (AvgIpc) is 2.26. The van der Waals surface area contributed by atoms with Gasteiger partial charge in [-0.1, -0.05) is 0 Å². The van der Waals surface area contributed by atoms with Crippen molar-refractivity contribution in [3.63, 3.8) is 0 Å². The van der Waals surface area contributed by atoms with E-state index < -0.39 is 5.82 Å². The molecule has 0 unspecified atom stereocenters. The minimum atomic E-state index is -0.452. The van der Waals surface area contributed by atoms with Gasteiger partial charge in [-0.15, -0.1) is 0 Å². The number of nitrogens with two attached hydrogens (primary N) is 1. The highest BCUT2D eigenvalue weighted by atomic mass is 19.1. The van der Waals surface area contributed by atoms with Crippen molar-refractivity contribution in [3.05, 3.63) is 24.0 Å². The molecule has 0 heterocycles. The quantitative estimate of drug-likeness (QED) is 0.759. The Kier molecular flexibility index (Phi) is 4.10. The Labute approximate surface area is 94.2 Å². The number of anilines is 2. The highest BCUT2D eigenvalue weighted by Gasteiger charge is 2.07. The fourth-order valence-electron chi connectivity index (χ4n) is 1.16. The number of nitrogens with zero attached hydrogens (tertiary/aromatic N) is 1. The Hall–Kier alpha value is -1.78. The molecule has 0 aromatic heterocycles. The van der Waals surface area contributed by atoms with Crippen LogP contribution in [0.3, 0.4) is 0 Å². The Bertz CT molecular complexity index is 381. The Morgan fingerprint density at radius 3 is 2.81 bits per heavy atom. The summed E-state index contributed by atoms with van der Waals surface area (Å²) >= 11 is 0. The summed E-state index contributed by atoms with van der Waals surface area (Å²) in [6.45, 7) is 2.58. The van der Waals surface area contributed by atoms with Crippen molar-refractivity contribution in [3.8, 4) is 0 Å². The summed E-state index contributed by atoms with van der Waals surface area (Å²) in [5.41, 5.74) is 6.06. The van der Waals surface area contributed by atoms with Gasteiger partial charge in [-0.05, 0) is 25.1 Å². The van der Waals surface area contributed by atoms with Crippen LogP contribution in [0.15, 0.2) is 18.2 Å². The second-order valence-corrected chi connectivity index (χ2v) is 3.50. The number of amides is 1. The first kappa shape index (κ1) is 12.3. The van der Waals surface area contributed by atoms with Gasteiger partial charge in [-0.25, -0.2) is 4.39 Å². The number of carbonyl (C=O) groups excluding carboxylic acids is 1. The molecule has 0 spiro atoms. The molecule has 3 N–H and O–H groups in total. The van der Waals surface area contributed by atoms with E-state index in [4.69, 9.17) is 5.73 Å². The Morgan fingerprint density at radius 1 is 1.56 bits per heavy atom. The third kappa shape index (κ3) is 3.12. The molecule has 1 rings (SSSR count). The summed E-state index contributed by atoms with van der Waals surface area (Å²) < 4.78 is 13.3. The fourth-order valence-corrected chi connectivity index (χ4v) is 1.16. The molecule has 1 aromatic carbocycles. The van der Waals surface area contributed by atoms with Crippen molar-refractivity contribution in [2.75, 3.05) is 31.2 Å². The summed E-state index contributed by atoms with van der Waals surface area (Å²) in [4.78, 5) is 13.0. The molecule has 88 valence electrons. The highest BCUT2D eigenvalue weighted by Crippen LogP contribution is 2.16. The van der Waals surface area contributed by atoms with Gasteiger partial charge < -0.3 is 16.0 Å². The number of likely N-dealkylation sites (N-methyl/N-ethyl adjacent to an activating group) is 1. The molecule has 0 saturated carbocycles. The molecule has 0 fully saturated rings. The number of nitrogen functional groups attached to an aromatic ring is 1. The molecule has 0 aliphatic rings. The van der Waals surface area contributed by atoms with Crippen LogP contribution in [-0.4, -0.2) is 30.9 Å². The van der Waals surface area contributed by atoms with Crippen LogP contribution in [0, 0.1) is 5.82 Å². The average molecular weight is 225 g/mol. The zero-order valence-corrected chi connectivity index (χ0v) is 9.46. The van der Waals surface area contributed by atoms with E-state index in [9.17, 15) is 9.18 Å². The van der Waals surface area contributed by atoms with E-state index in [-0.39, 0.29) is 18.1 Å². The van der Waals surface area contributed by atoms with Crippen LogP contribution in [0.4, 0.5) is 15.8 Å². The fraction of sp³-hybridized carbons (Fsp3) is 0.364. The third-order valence-electron chi connectivity index (χ3n) is 2.32. The van der Waals surface area contributed by atoms with Gasteiger partial charge in [0.05, 0.1) is 12.2 Å². The lowest BCUT2D eigenvalue weighted by atomic mass is 10.2. The molecule has 0 atom stereocenters. The summed E-state index contributed by atoms with van der Waals surface area (Å²) in [6, 6.07) is 4.32. The Morgan fingerprint density at radius 2 is 2.25 bits per heavy atom. The number of carbonyl (C=O) groups is 1. The number of hydrogen-bond donors (Lipinski definition) is 2. The second-order valence-electron chi connectivity index (χ2n) is 3.50. The lowest BCUT2D eigenvalue weighted by Gasteiger charge is -2.15. The monoisotopic (exact) mass is 225 g/mol. The SMILES string of the molecule is CCN(C)C(=O)CNc1ccc(N)cc1F. The Balaban J connectivity index is 2.58. The number of rotatable bonds is 4. The van der Waals surface area contributed by atoms with Crippen LogP contribution in [0.25, 0.3) is 0 Å². The molecular weight excluding hydrogens is 209 g/mol. The molecule has 0 bridgehead atoms. The molecule has 5 heteroatoms. The van der Waals surface area contributed by atoms with E-state index in [1.54, 1.807) is 18.0 Å². The van der Waals surface area contributed by atoms with Crippen molar-refractivity contribution in [1.29, 1.82) is 0 Å². The van der Waals surface area contributed by atoms with Gasteiger partial charge in [-0.2, -0.15) is 0 Å². The summed E-state index contributed by atoms with van der Waals surface area (Å²) in [5.74, 6) is -0.536. The number of nitrogens with one attached hydrogen (secondary N) is 1. The number of benzene rings is 1. The minimum Gasteiger partial charge on any atom is -0.399 e. The first-order valence-corrected chi connectivity index (χ1v) is 5.07. The van der Waals surface area contributed by atoms with Crippen molar-refractivity contribution in [2.45, 2.75) is 6.92 Å². The molecule has 1 aromatic rings. The minimum absolute atomic E-state index is 0.0746. The molecule has 0 aliphatic heterocycles. The van der Waals surface area contributed by atoms with E-state index in [1.165, 1.54) is 12.1 Å². The molecule has 1 amide bonds. The van der Waals surface area contributed by atoms with E-state index in [0.717, 1.165) is 0 Å². The lowest BCUT2D eigenvalue weighted by Crippen LogP contribution is -2.32. The van der Waals surface area contributed by atoms with Crippen LogP contribution in [0.2, 0.25) is 0 Å². The molecule has 16 heavy (non-hydrogen) atoms. The molecular formula is C11H16FN3O. The van der Waals surface area contributed by atoms with E-state index in [0.29, 0.717) is 12.2 Å². The standard InChI is InChI=1S/C11H16FN3O/c1-3-15(2)11(16)7-14-10-5-4-8(13)6-9(10)12/h4-6,14H,3,7,13H2,1-2H3. The maximum Gasteiger partial charge on any atom is 0.241 e. The third-order valence-corrected chi connectivity index (χ3v) is 2.32. The van der Waals surface area contributed by atoms with Crippen LogP contribution < -0.4 is 11.1 Å². The van der Waals surface area contributed by atoms with Crippen LogP contribution in [0.5, 0.6) is 0 Å². The first-order valence-electron chi connectivity index (χ1n) is 5.07. The van der Waals surface area contributed by atoms with Crippen LogP contribution in [0.1, 0.15) is 6.92 Å². The summed E-state index contributed by atoms with van der Waals surface area (Å²) in [6.07, 6.45) is 0. The van der Waals surface area contributed by atoms with E-state index in [2.05, 4.69) is 5.32 Å². The smallest absolute Gasteiger partial charge is 0.241 e. The highest BCUT2D eigenvalue weighted by molar-refractivity contribution is 5.80. The van der Waals surface area contributed by atoms with Gasteiger partial charge in [0.15, 0.2) is 0 Å². The van der Waals surface area contributed by atoms with Gasteiger partial charge in [0.25, 0.3) is 0 Å². The zero-order valence-electron chi connectivity index (χ0n) is 9.46. The summed E-state index contributed by atoms with van der Waals surface area (Å²) in [5, 5.41) is 2.73. The van der Waals surface area contributed by atoms with Crippen molar-refractivity contribution < 1.29 is 9.18 Å². The molecule has 0 saturated heterocycles. The maximum atomic E-state index is 13.3. The van der Waals surface area contributed by atoms with Crippen molar-refractivity contribution in [1.82, 2.24) is 4.90 Å². The predicted molar refractivity (Wildman–Crippen MR) is 62.6 cm³/mol. The van der Waals surface area contributed by atoms with Crippen LogP contribution in [-0.2, 0) is 4.79 Å². The van der Waals surface area contributed by atoms with E-state index in [1.807, 2.05) is 6.92 Å². The topological polar surface area (TPSA) is 58.4 Å². The van der Waals surface area contributed by atoms with Gasteiger partial charge in [-0.3, -0.25) is 4.79 Å². The van der Waals surface area contributed by atoms with Gasteiger partial charge in [0, 0.05) is 19.3 Å². The first-order chi connectivity index (χ1) is 7.54. The van der Waals surface area contributed by atoms with Gasteiger partial charge in [0.2, 0.25) is 5.91 Å². The predicted octanol–water partition coefficient (Wildman–Crippen LogP) is 1.30. The molecule has 4 nitrogen and oxygen atoms in total. The number of halogens is 1. The lowest BCUT2D eigenvalue weighted by molar-refractivity contribution is -0.127.